The van der Waals surface area contributed by atoms with Gasteiger partial charge in [0, 0.05) is 23.0 Å². The van der Waals surface area contributed by atoms with E-state index in [4.69, 9.17) is 4.74 Å². The maximum atomic E-state index is 5.44. The fourth-order valence-electron chi connectivity index (χ4n) is 2.07. The molecule has 0 saturated carbocycles. The van der Waals surface area contributed by atoms with Crippen molar-refractivity contribution in [3.05, 3.63) is 50.6 Å². The second kappa shape index (κ2) is 6.55. The summed E-state index contributed by atoms with van der Waals surface area (Å²) in [7, 11) is 3.87. The molecule has 0 fully saturated rings. The van der Waals surface area contributed by atoms with Crippen molar-refractivity contribution in [3.63, 3.8) is 0 Å². The van der Waals surface area contributed by atoms with Crippen molar-refractivity contribution in [2.45, 2.75) is 19.5 Å². The minimum absolute atomic E-state index is 0.317. The molecule has 0 aliphatic carbocycles. The van der Waals surface area contributed by atoms with Crippen LogP contribution in [0.5, 0.6) is 5.75 Å². The van der Waals surface area contributed by atoms with E-state index >= 15 is 0 Å². The Hall–Kier alpha value is -0.840. The lowest BCUT2D eigenvalue weighted by atomic mass is 10.1. The molecule has 1 heterocycles. The van der Waals surface area contributed by atoms with Crippen molar-refractivity contribution in [1.82, 2.24) is 4.90 Å². The van der Waals surface area contributed by atoms with E-state index in [2.05, 4.69) is 59.1 Å². The Labute approximate surface area is 127 Å². The SMILES string of the molecule is COc1ccccc1C(C)N(C)Cc1ccc(Br)s1. The Morgan fingerprint density at radius 1 is 1.26 bits per heavy atom. The zero-order chi connectivity index (χ0) is 13.8. The molecule has 1 aromatic carbocycles. The molecule has 2 rings (SSSR count). The number of hydrogen-bond acceptors (Lipinski definition) is 3. The zero-order valence-electron chi connectivity index (χ0n) is 11.4. The van der Waals surface area contributed by atoms with Gasteiger partial charge in [0.25, 0.3) is 0 Å². The van der Waals surface area contributed by atoms with E-state index in [-0.39, 0.29) is 0 Å². The maximum absolute atomic E-state index is 5.44. The van der Waals surface area contributed by atoms with Crippen LogP contribution in [0, 0.1) is 0 Å². The third kappa shape index (κ3) is 3.59. The summed E-state index contributed by atoms with van der Waals surface area (Å²) in [6, 6.07) is 12.8. The summed E-state index contributed by atoms with van der Waals surface area (Å²) in [6.45, 7) is 3.15. The minimum Gasteiger partial charge on any atom is -0.496 e. The number of nitrogens with zero attached hydrogens (tertiary/aromatic N) is 1. The molecule has 0 amide bonds. The van der Waals surface area contributed by atoms with Gasteiger partial charge in [-0.3, -0.25) is 4.90 Å². The lowest BCUT2D eigenvalue weighted by molar-refractivity contribution is 0.249. The molecule has 0 bridgehead atoms. The molecule has 0 aliphatic heterocycles. The molecule has 19 heavy (non-hydrogen) atoms. The molecule has 0 aliphatic rings. The van der Waals surface area contributed by atoms with Crippen LogP contribution in [0.25, 0.3) is 0 Å². The highest BCUT2D eigenvalue weighted by atomic mass is 79.9. The minimum atomic E-state index is 0.317. The van der Waals surface area contributed by atoms with Gasteiger partial charge in [-0.2, -0.15) is 0 Å². The van der Waals surface area contributed by atoms with Crippen LogP contribution in [-0.4, -0.2) is 19.1 Å². The van der Waals surface area contributed by atoms with E-state index in [0.717, 1.165) is 12.3 Å². The highest BCUT2D eigenvalue weighted by Gasteiger charge is 2.16. The van der Waals surface area contributed by atoms with Crippen LogP contribution in [0.4, 0.5) is 0 Å². The first kappa shape index (κ1) is 14.6. The smallest absolute Gasteiger partial charge is 0.123 e. The molecule has 0 spiro atoms. The van der Waals surface area contributed by atoms with E-state index in [9.17, 15) is 0 Å². The van der Waals surface area contributed by atoms with Gasteiger partial charge in [0.1, 0.15) is 5.75 Å². The molecule has 0 N–H and O–H groups in total. The average Bonchev–Trinajstić information content (AvgIpc) is 2.83. The number of halogens is 1. The fourth-order valence-corrected chi connectivity index (χ4v) is 3.62. The molecule has 102 valence electrons. The number of rotatable bonds is 5. The van der Waals surface area contributed by atoms with Crippen LogP contribution in [0.15, 0.2) is 40.2 Å². The molecule has 1 atom stereocenters. The molecule has 1 unspecified atom stereocenters. The quantitative estimate of drug-likeness (QED) is 0.781. The first-order valence-corrected chi connectivity index (χ1v) is 7.80. The van der Waals surface area contributed by atoms with Crippen molar-refractivity contribution in [1.29, 1.82) is 0 Å². The van der Waals surface area contributed by atoms with Crippen molar-refractivity contribution in [2.24, 2.45) is 0 Å². The van der Waals surface area contributed by atoms with Gasteiger partial charge < -0.3 is 4.74 Å². The lowest BCUT2D eigenvalue weighted by Crippen LogP contribution is -2.21. The van der Waals surface area contributed by atoms with Gasteiger partial charge in [-0.15, -0.1) is 11.3 Å². The number of thiophene rings is 1. The number of benzene rings is 1. The van der Waals surface area contributed by atoms with Crippen LogP contribution < -0.4 is 4.74 Å². The Kier molecular flexibility index (Phi) is 5.02. The van der Waals surface area contributed by atoms with E-state index in [1.54, 1.807) is 18.4 Å². The van der Waals surface area contributed by atoms with Crippen molar-refractivity contribution in [2.75, 3.05) is 14.2 Å². The van der Waals surface area contributed by atoms with Crippen molar-refractivity contribution >= 4 is 27.3 Å². The summed E-state index contributed by atoms with van der Waals surface area (Å²) in [4.78, 5) is 3.69. The van der Waals surface area contributed by atoms with Gasteiger partial charge in [-0.25, -0.2) is 0 Å². The van der Waals surface area contributed by atoms with Gasteiger partial charge in [0.2, 0.25) is 0 Å². The lowest BCUT2D eigenvalue weighted by Gasteiger charge is -2.25. The first-order chi connectivity index (χ1) is 9.11. The van der Waals surface area contributed by atoms with Gasteiger partial charge >= 0.3 is 0 Å². The molecule has 4 heteroatoms. The van der Waals surface area contributed by atoms with Gasteiger partial charge in [0.05, 0.1) is 10.9 Å². The third-order valence-electron chi connectivity index (χ3n) is 3.28. The van der Waals surface area contributed by atoms with E-state index < -0.39 is 0 Å². The van der Waals surface area contributed by atoms with E-state index in [1.165, 1.54) is 14.2 Å². The average molecular weight is 340 g/mol. The summed E-state index contributed by atoms with van der Waals surface area (Å²) >= 11 is 5.29. The van der Waals surface area contributed by atoms with Crippen LogP contribution in [-0.2, 0) is 6.54 Å². The number of ether oxygens (including phenoxy) is 1. The Bertz CT molecular complexity index is 540. The van der Waals surface area contributed by atoms with E-state index in [0.29, 0.717) is 6.04 Å². The topological polar surface area (TPSA) is 12.5 Å². The molecule has 0 radical (unpaired) electrons. The highest BCUT2D eigenvalue weighted by molar-refractivity contribution is 9.11. The number of methoxy groups -OCH3 is 1. The zero-order valence-corrected chi connectivity index (χ0v) is 13.8. The van der Waals surface area contributed by atoms with Gasteiger partial charge in [0.15, 0.2) is 0 Å². The van der Waals surface area contributed by atoms with Crippen LogP contribution >= 0.6 is 27.3 Å². The normalized spacial score (nSPS) is 12.7. The van der Waals surface area contributed by atoms with Gasteiger partial charge in [-0.05, 0) is 48.1 Å². The number of para-hydroxylation sites is 1. The molecule has 0 saturated heterocycles. The van der Waals surface area contributed by atoms with Gasteiger partial charge in [-0.1, -0.05) is 18.2 Å². The van der Waals surface area contributed by atoms with Crippen LogP contribution in [0.2, 0.25) is 0 Å². The summed E-state index contributed by atoms with van der Waals surface area (Å²) in [5, 5.41) is 0. The summed E-state index contributed by atoms with van der Waals surface area (Å²) in [6.07, 6.45) is 0. The Morgan fingerprint density at radius 3 is 2.63 bits per heavy atom. The molecular weight excluding hydrogens is 322 g/mol. The van der Waals surface area contributed by atoms with Crippen LogP contribution in [0.3, 0.4) is 0 Å². The third-order valence-corrected chi connectivity index (χ3v) is 4.89. The second-order valence-corrected chi connectivity index (χ2v) is 7.09. The number of hydrogen-bond donors (Lipinski definition) is 0. The molecule has 2 nitrogen and oxygen atoms in total. The van der Waals surface area contributed by atoms with Crippen LogP contribution in [0.1, 0.15) is 23.4 Å². The Morgan fingerprint density at radius 2 is 2.00 bits per heavy atom. The fraction of sp³-hybridized carbons (Fsp3) is 0.333. The molecule has 2 aromatic rings. The highest BCUT2D eigenvalue weighted by Crippen LogP contribution is 2.30. The monoisotopic (exact) mass is 339 g/mol. The van der Waals surface area contributed by atoms with Crippen molar-refractivity contribution in [3.8, 4) is 5.75 Å². The second-order valence-electron chi connectivity index (χ2n) is 4.54. The summed E-state index contributed by atoms with van der Waals surface area (Å²) in [5.41, 5.74) is 1.23. The first-order valence-electron chi connectivity index (χ1n) is 6.19. The predicted octanol–water partition coefficient (Wildman–Crippen LogP) is 4.71. The summed E-state index contributed by atoms with van der Waals surface area (Å²) in [5.74, 6) is 0.953. The Balaban J connectivity index is 2.12. The predicted molar refractivity (Wildman–Crippen MR) is 84.9 cm³/mol. The summed E-state index contributed by atoms with van der Waals surface area (Å²) < 4.78 is 6.62. The van der Waals surface area contributed by atoms with Crippen molar-refractivity contribution < 1.29 is 4.74 Å². The maximum Gasteiger partial charge on any atom is 0.123 e. The molecule has 1 aromatic heterocycles. The molecular formula is C15H18BrNOS. The standard InChI is InChI=1S/C15H18BrNOS/c1-11(13-6-4-5-7-14(13)18-3)17(2)10-12-8-9-15(16)19-12/h4-9,11H,10H2,1-3H3. The van der Waals surface area contributed by atoms with E-state index in [1.807, 2.05) is 12.1 Å². The largest absolute Gasteiger partial charge is 0.496 e.